The Hall–Kier alpha value is -1.51. The van der Waals surface area contributed by atoms with Gasteiger partial charge in [-0.25, -0.2) is 0 Å². The third-order valence-electron chi connectivity index (χ3n) is 3.82. The van der Waals surface area contributed by atoms with E-state index in [1.54, 1.807) is 0 Å². The van der Waals surface area contributed by atoms with Crippen molar-refractivity contribution in [3.05, 3.63) is 64.7 Å². The van der Waals surface area contributed by atoms with Crippen molar-refractivity contribution in [2.24, 2.45) is 5.73 Å². The SMILES string of the molecule is CCCCOc1ccccc1CC(CN)c1ccc(Cl)cc1. The highest BCUT2D eigenvalue weighted by atomic mass is 35.5. The second-order valence-electron chi connectivity index (χ2n) is 5.50. The third-order valence-corrected chi connectivity index (χ3v) is 4.07. The maximum Gasteiger partial charge on any atom is 0.122 e. The van der Waals surface area contributed by atoms with Gasteiger partial charge in [0.25, 0.3) is 0 Å². The normalized spacial score (nSPS) is 12.1. The average Bonchev–Trinajstić information content (AvgIpc) is 2.55. The molecule has 0 saturated carbocycles. The fraction of sp³-hybridized carbons (Fsp3) is 0.368. The molecule has 1 unspecified atom stereocenters. The van der Waals surface area contributed by atoms with Gasteiger partial charge >= 0.3 is 0 Å². The van der Waals surface area contributed by atoms with E-state index in [0.29, 0.717) is 6.54 Å². The molecule has 3 heteroatoms. The van der Waals surface area contributed by atoms with Gasteiger partial charge in [-0.05, 0) is 48.7 Å². The Morgan fingerprint density at radius 2 is 1.82 bits per heavy atom. The van der Waals surface area contributed by atoms with E-state index in [2.05, 4.69) is 31.2 Å². The van der Waals surface area contributed by atoms with Crippen molar-refractivity contribution in [2.75, 3.05) is 13.2 Å². The number of hydrogen-bond donors (Lipinski definition) is 1. The Balaban J connectivity index is 2.12. The number of hydrogen-bond acceptors (Lipinski definition) is 2. The van der Waals surface area contributed by atoms with E-state index in [9.17, 15) is 0 Å². The molecule has 0 aliphatic rings. The van der Waals surface area contributed by atoms with Crippen LogP contribution >= 0.6 is 11.6 Å². The first-order valence-electron chi connectivity index (χ1n) is 7.90. The molecular weight excluding hydrogens is 294 g/mol. The second-order valence-corrected chi connectivity index (χ2v) is 5.93. The van der Waals surface area contributed by atoms with Crippen molar-refractivity contribution in [3.63, 3.8) is 0 Å². The lowest BCUT2D eigenvalue weighted by Gasteiger charge is -2.18. The number of benzene rings is 2. The van der Waals surface area contributed by atoms with E-state index in [4.69, 9.17) is 22.1 Å². The smallest absolute Gasteiger partial charge is 0.122 e. The van der Waals surface area contributed by atoms with E-state index in [1.165, 1.54) is 11.1 Å². The van der Waals surface area contributed by atoms with Crippen LogP contribution in [0.25, 0.3) is 0 Å². The number of halogens is 1. The highest BCUT2D eigenvalue weighted by Crippen LogP contribution is 2.27. The quantitative estimate of drug-likeness (QED) is 0.709. The van der Waals surface area contributed by atoms with Gasteiger partial charge in [-0.1, -0.05) is 55.3 Å². The molecule has 0 bridgehead atoms. The van der Waals surface area contributed by atoms with Crippen LogP contribution in [0.15, 0.2) is 48.5 Å². The standard InChI is InChI=1S/C19H24ClNO/c1-2-3-12-22-19-7-5-4-6-16(19)13-17(14-21)15-8-10-18(20)11-9-15/h4-11,17H,2-3,12-14,21H2,1H3. The first-order valence-corrected chi connectivity index (χ1v) is 8.28. The maximum atomic E-state index is 5.99. The highest BCUT2D eigenvalue weighted by molar-refractivity contribution is 6.30. The van der Waals surface area contributed by atoms with Crippen LogP contribution in [0.4, 0.5) is 0 Å². The lowest BCUT2D eigenvalue weighted by Crippen LogP contribution is -2.15. The summed E-state index contributed by atoms with van der Waals surface area (Å²) in [5.41, 5.74) is 8.42. The summed E-state index contributed by atoms with van der Waals surface area (Å²) < 4.78 is 5.92. The fourth-order valence-corrected chi connectivity index (χ4v) is 2.60. The molecule has 0 heterocycles. The van der Waals surface area contributed by atoms with Gasteiger partial charge in [0.05, 0.1) is 6.61 Å². The number of rotatable bonds is 8. The van der Waals surface area contributed by atoms with Crippen LogP contribution < -0.4 is 10.5 Å². The van der Waals surface area contributed by atoms with Crippen molar-refractivity contribution < 1.29 is 4.74 Å². The summed E-state index contributed by atoms with van der Waals surface area (Å²) in [6.45, 7) is 3.53. The van der Waals surface area contributed by atoms with Gasteiger partial charge in [0.15, 0.2) is 0 Å². The molecule has 0 saturated heterocycles. The summed E-state index contributed by atoms with van der Waals surface area (Å²) in [5, 5.41) is 0.753. The van der Waals surface area contributed by atoms with Gasteiger partial charge in [-0.15, -0.1) is 0 Å². The summed E-state index contributed by atoms with van der Waals surface area (Å²) >= 11 is 5.96. The van der Waals surface area contributed by atoms with Crippen molar-refractivity contribution in [2.45, 2.75) is 32.1 Å². The average molecular weight is 318 g/mol. The largest absolute Gasteiger partial charge is 0.493 e. The van der Waals surface area contributed by atoms with Gasteiger partial charge < -0.3 is 10.5 Å². The molecule has 1 atom stereocenters. The summed E-state index contributed by atoms with van der Waals surface area (Å²) in [7, 11) is 0. The Morgan fingerprint density at radius 3 is 2.50 bits per heavy atom. The third kappa shape index (κ3) is 4.75. The van der Waals surface area contributed by atoms with Gasteiger partial charge in [0, 0.05) is 10.9 Å². The maximum absolute atomic E-state index is 5.99. The summed E-state index contributed by atoms with van der Waals surface area (Å²) in [5.74, 6) is 1.25. The molecule has 2 aromatic carbocycles. The van der Waals surface area contributed by atoms with Crippen LogP contribution in [0, 0.1) is 0 Å². The molecule has 2 aromatic rings. The predicted octanol–water partition coefficient (Wildman–Crippen LogP) is 4.80. The molecule has 0 spiro atoms. The van der Waals surface area contributed by atoms with Gasteiger partial charge in [0.2, 0.25) is 0 Å². The van der Waals surface area contributed by atoms with Crippen LogP contribution in [0.1, 0.15) is 36.8 Å². The second kappa shape index (κ2) is 8.82. The van der Waals surface area contributed by atoms with Crippen molar-refractivity contribution in [3.8, 4) is 5.75 Å². The van der Waals surface area contributed by atoms with E-state index < -0.39 is 0 Å². The zero-order valence-corrected chi connectivity index (χ0v) is 13.9. The lowest BCUT2D eigenvalue weighted by atomic mass is 9.92. The van der Waals surface area contributed by atoms with Crippen LogP contribution in [0.2, 0.25) is 5.02 Å². The molecule has 0 aliphatic heterocycles. The first-order chi connectivity index (χ1) is 10.7. The Labute approximate surface area is 138 Å². The first kappa shape index (κ1) is 16.9. The molecule has 0 aliphatic carbocycles. The molecule has 118 valence electrons. The van der Waals surface area contributed by atoms with Gasteiger partial charge in [-0.2, -0.15) is 0 Å². The van der Waals surface area contributed by atoms with E-state index in [1.807, 2.05) is 24.3 Å². The van der Waals surface area contributed by atoms with Crippen molar-refractivity contribution in [1.82, 2.24) is 0 Å². The van der Waals surface area contributed by atoms with Gasteiger partial charge in [0.1, 0.15) is 5.75 Å². The fourth-order valence-electron chi connectivity index (χ4n) is 2.48. The Kier molecular flexibility index (Phi) is 6.75. The van der Waals surface area contributed by atoms with Crippen LogP contribution in [-0.4, -0.2) is 13.2 Å². The number of ether oxygens (including phenoxy) is 1. The minimum absolute atomic E-state index is 0.271. The van der Waals surface area contributed by atoms with E-state index in [-0.39, 0.29) is 5.92 Å². The van der Waals surface area contributed by atoms with Crippen LogP contribution in [0.3, 0.4) is 0 Å². The molecule has 0 aromatic heterocycles. The molecule has 22 heavy (non-hydrogen) atoms. The van der Waals surface area contributed by atoms with Crippen molar-refractivity contribution >= 4 is 11.6 Å². The molecule has 0 amide bonds. The number of unbranched alkanes of at least 4 members (excludes halogenated alkanes) is 1. The van der Waals surface area contributed by atoms with Crippen LogP contribution in [0.5, 0.6) is 5.75 Å². The minimum atomic E-state index is 0.271. The van der Waals surface area contributed by atoms with Gasteiger partial charge in [-0.3, -0.25) is 0 Å². The Morgan fingerprint density at radius 1 is 1.09 bits per heavy atom. The molecule has 2 rings (SSSR count). The summed E-state index contributed by atoms with van der Waals surface area (Å²) in [4.78, 5) is 0. The van der Waals surface area contributed by atoms with E-state index >= 15 is 0 Å². The number of para-hydroxylation sites is 1. The monoisotopic (exact) mass is 317 g/mol. The topological polar surface area (TPSA) is 35.2 Å². The molecule has 2 nitrogen and oxygen atoms in total. The van der Waals surface area contributed by atoms with Crippen molar-refractivity contribution in [1.29, 1.82) is 0 Å². The number of nitrogens with two attached hydrogens (primary N) is 1. The zero-order chi connectivity index (χ0) is 15.8. The molecule has 2 N–H and O–H groups in total. The highest BCUT2D eigenvalue weighted by Gasteiger charge is 2.13. The molecule has 0 radical (unpaired) electrons. The Bertz CT molecular complexity index is 568. The molecular formula is C19H24ClNO. The zero-order valence-electron chi connectivity index (χ0n) is 13.1. The summed E-state index contributed by atoms with van der Waals surface area (Å²) in [6, 6.07) is 16.2. The minimum Gasteiger partial charge on any atom is -0.493 e. The molecule has 0 fully saturated rings. The van der Waals surface area contributed by atoms with Crippen LogP contribution in [-0.2, 0) is 6.42 Å². The van der Waals surface area contributed by atoms with E-state index in [0.717, 1.165) is 36.6 Å². The predicted molar refractivity (Wildman–Crippen MR) is 93.8 cm³/mol. The summed E-state index contributed by atoms with van der Waals surface area (Å²) in [6.07, 6.45) is 3.09. The lowest BCUT2D eigenvalue weighted by molar-refractivity contribution is 0.305.